The summed E-state index contributed by atoms with van der Waals surface area (Å²) in [6, 6.07) is 24.4. The van der Waals surface area contributed by atoms with E-state index in [4.69, 9.17) is 4.74 Å². The minimum Gasteiger partial charge on any atom is -0.425 e. The first kappa shape index (κ1) is 19.7. The molecule has 2 amide bonds. The molecule has 4 atom stereocenters. The van der Waals surface area contributed by atoms with Crippen LogP contribution < -0.4 is 9.64 Å². The maximum absolute atomic E-state index is 13.8. The van der Waals surface area contributed by atoms with Crippen LogP contribution in [0.4, 0.5) is 5.69 Å². The van der Waals surface area contributed by atoms with Crippen LogP contribution in [0.3, 0.4) is 0 Å². The molecule has 2 aliphatic heterocycles. The Balaban J connectivity index is 1.56. The highest BCUT2D eigenvalue weighted by atomic mass is 16.5. The van der Waals surface area contributed by atoms with Gasteiger partial charge in [-0.05, 0) is 41.8 Å². The summed E-state index contributed by atoms with van der Waals surface area (Å²) in [5.41, 5.74) is 4.03. The number of hydrogen-bond donors (Lipinski definition) is 0. The van der Waals surface area contributed by atoms with Crippen molar-refractivity contribution in [1.29, 1.82) is 0 Å². The number of ether oxygens (including phenoxy) is 1. The van der Waals surface area contributed by atoms with E-state index in [1.54, 1.807) is 24.3 Å². The normalized spacial score (nSPS) is 25.7. The van der Waals surface area contributed by atoms with Crippen molar-refractivity contribution in [2.45, 2.75) is 12.8 Å². The van der Waals surface area contributed by atoms with E-state index >= 15 is 0 Å². The molecule has 2 heterocycles. The molecule has 0 spiro atoms. The number of rotatable bonds is 2. The standard InChI is InChI=1S/C28H21NO4/c1-16-12-13-19-21-15-20(17-8-4-2-5-9-17)23-25(24(21)28(32)33-22(19)14-16)27(31)29(26(23)30)18-10-6-3-7-11-18/h2-15,20,23-25H,1H3/t20-,23+,24-,25-/m1/s1. The number of carbonyl (C=O) groups is 3. The summed E-state index contributed by atoms with van der Waals surface area (Å²) in [6.45, 7) is 1.94. The van der Waals surface area contributed by atoms with E-state index in [1.807, 2.05) is 67.6 Å². The first-order chi connectivity index (χ1) is 16.0. The van der Waals surface area contributed by atoms with Gasteiger partial charge >= 0.3 is 5.97 Å². The van der Waals surface area contributed by atoms with E-state index in [0.717, 1.165) is 22.3 Å². The molecular formula is C28H21NO4. The van der Waals surface area contributed by atoms with Crippen molar-refractivity contribution in [3.8, 4) is 5.75 Å². The average molecular weight is 435 g/mol. The Kier molecular flexibility index (Phi) is 4.34. The van der Waals surface area contributed by atoms with Gasteiger partial charge in [0, 0.05) is 11.5 Å². The highest BCUT2D eigenvalue weighted by molar-refractivity contribution is 6.24. The number of benzene rings is 3. The van der Waals surface area contributed by atoms with Crippen LogP contribution in [0.2, 0.25) is 0 Å². The van der Waals surface area contributed by atoms with Crippen molar-refractivity contribution in [3.05, 3.63) is 102 Å². The van der Waals surface area contributed by atoms with Crippen molar-refractivity contribution in [1.82, 2.24) is 0 Å². The zero-order valence-electron chi connectivity index (χ0n) is 18.0. The second-order valence-electron chi connectivity index (χ2n) is 8.86. The van der Waals surface area contributed by atoms with Crippen LogP contribution in [-0.2, 0) is 14.4 Å². The number of imide groups is 1. The lowest BCUT2D eigenvalue weighted by atomic mass is 9.64. The van der Waals surface area contributed by atoms with Crippen LogP contribution in [0.15, 0.2) is 84.9 Å². The monoisotopic (exact) mass is 435 g/mol. The van der Waals surface area contributed by atoms with Crippen LogP contribution in [0.25, 0.3) is 5.57 Å². The van der Waals surface area contributed by atoms with Gasteiger partial charge in [-0.2, -0.15) is 0 Å². The maximum Gasteiger partial charge on any atom is 0.319 e. The van der Waals surface area contributed by atoms with Crippen LogP contribution in [0.5, 0.6) is 5.75 Å². The Morgan fingerprint density at radius 1 is 0.788 bits per heavy atom. The summed E-state index contributed by atoms with van der Waals surface area (Å²) in [7, 11) is 0. The highest BCUT2D eigenvalue weighted by Crippen LogP contribution is 2.54. The largest absolute Gasteiger partial charge is 0.425 e. The number of para-hydroxylation sites is 1. The SMILES string of the molecule is Cc1ccc2c(c1)OC(=O)[C@@H]1C2=C[C@H](c2ccccc2)[C@@H]2C(=O)N(c3ccccc3)C(=O)[C@@H]12. The molecular weight excluding hydrogens is 414 g/mol. The Hall–Kier alpha value is -3.99. The molecule has 5 heteroatoms. The fourth-order valence-electron chi connectivity index (χ4n) is 5.50. The zero-order chi connectivity index (χ0) is 22.7. The van der Waals surface area contributed by atoms with Gasteiger partial charge in [-0.1, -0.05) is 66.7 Å². The summed E-state index contributed by atoms with van der Waals surface area (Å²) < 4.78 is 5.69. The minimum atomic E-state index is -0.815. The van der Waals surface area contributed by atoms with Gasteiger partial charge in [0.05, 0.1) is 23.4 Å². The predicted molar refractivity (Wildman–Crippen MR) is 123 cm³/mol. The number of esters is 1. The fraction of sp³-hybridized carbons (Fsp3) is 0.179. The van der Waals surface area contributed by atoms with E-state index in [9.17, 15) is 14.4 Å². The van der Waals surface area contributed by atoms with Crippen LogP contribution >= 0.6 is 0 Å². The summed E-state index contributed by atoms with van der Waals surface area (Å²) in [5, 5.41) is 0. The molecule has 0 saturated carbocycles. The lowest BCUT2D eigenvalue weighted by Gasteiger charge is -2.38. The van der Waals surface area contributed by atoms with Gasteiger partial charge in [-0.15, -0.1) is 0 Å². The van der Waals surface area contributed by atoms with Gasteiger partial charge < -0.3 is 4.74 Å². The minimum absolute atomic E-state index is 0.275. The number of fused-ring (bicyclic) bond motifs is 5. The third-order valence-electron chi connectivity index (χ3n) is 6.95. The van der Waals surface area contributed by atoms with Gasteiger partial charge in [0.1, 0.15) is 5.75 Å². The van der Waals surface area contributed by atoms with Crippen molar-refractivity contribution < 1.29 is 19.1 Å². The fourth-order valence-corrected chi connectivity index (χ4v) is 5.50. The molecule has 0 radical (unpaired) electrons. The summed E-state index contributed by atoms with van der Waals surface area (Å²) >= 11 is 0. The molecule has 0 aromatic heterocycles. The van der Waals surface area contributed by atoms with Gasteiger partial charge in [0.15, 0.2) is 0 Å². The molecule has 6 rings (SSSR count). The van der Waals surface area contributed by atoms with E-state index in [2.05, 4.69) is 0 Å². The number of allylic oxidation sites excluding steroid dienone is 1. The number of amides is 2. The average Bonchev–Trinajstić information content (AvgIpc) is 3.09. The van der Waals surface area contributed by atoms with Crippen LogP contribution in [0, 0.1) is 24.7 Å². The molecule has 0 unspecified atom stereocenters. The highest BCUT2D eigenvalue weighted by Gasteiger charge is 2.60. The second kappa shape index (κ2) is 7.27. The quantitative estimate of drug-likeness (QED) is 0.337. The number of anilines is 1. The molecule has 33 heavy (non-hydrogen) atoms. The first-order valence-corrected chi connectivity index (χ1v) is 11.1. The second-order valence-corrected chi connectivity index (χ2v) is 8.86. The molecule has 3 aliphatic rings. The van der Waals surface area contributed by atoms with Crippen molar-refractivity contribution in [2.24, 2.45) is 17.8 Å². The summed E-state index contributed by atoms with van der Waals surface area (Å²) in [5.74, 6) is -3.22. The van der Waals surface area contributed by atoms with E-state index in [-0.39, 0.29) is 17.7 Å². The van der Waals surface area contributed by atoms with Crippen molar-refractivity contribution in [3.63, 3.8) is 0 Å². The first-order valence-electron chi connectivity index (χ1n) is 11.1. The summed E-state index contributed by atoms with van der Waals surface area (Å²) in [6.07, 6.45) is 2.01. The number of nitrogens with zero attached hydrogens (tertiary/aromatic N) is 1. The van der Waals surface area contributed by atoms with Gasteiger partial charge in [-0.3, -0.25) is 14.4 Å². The Labute approximate surface area is 191 Å². The van der Waals surface area contributed by atoms with E-state index in [0.29, 0.717) is 11.4 Å². The molecule has 3 aromatic carbocycles. The van der Waals surface area contributed by atoms with Gasteiger partial charge in [0.25, 0.3) is 0 Å². The lowest BCUT2D eigenvalue weighted by Crippen LogP contribution is -2.42. The Morgan fingerprint density at radius 3 is 2.18 bits per heavy atom. The third kappa shape index (κ3) is 2.89. The van der Waals surface area contributed by atoms with Gasteiger partial charge in [-0.25, -0.2) is 4.90 Å². The molecule has 3 aromatic rings. The zero-order valence-corrected chi connectivity index (χ0v) is 18.0. The Bertz CT molecular complexity index is 1330. The van der Waals surface area contributed by atoms with E-state index in [1.165, 1.54) is 4.90 Å². The molecule has 1 saturated heterocycles. The number of aryl methyl sites for hydroxylation is 1. The van der Waals surface area contributed by atoms with Crippen LogP contribution in [-0.4, -0.2) is 17.8 Å². The van der Waals surface area contributed by atoms with Crippen LogP contribution in [0.1, 0.15) is 22.6 Å². The molecule has 162 valence electrons. The molecule has 5 nitrogen and oxygen atoms in total. The third-order valence-corrected chi connectivity index (χ3v) is 6.95. The summed E-state index contributed by atoms with van der Waals surface area (Å²) in [4.78, 5) is 42.0. The molecule has 1 fully saturated rings. The topological polar surface area (TPSA) is 63.7 Å². The van der Waals surface area contributed by atoms with Crippen molar-refractivity contribution in [2.75, 3.05) is 4.90 Å². The predicted octanol–water partition coefficient (Wildman–Crippen LogP) is 4.52. The Morgan fingerprint density at radius 2 is 1.45 bits per heavy atom. The number of carbonyl (C=O) groups excluding carboxylic acids is 3. The molecule has 1 aliphatic carbocycles. The molecule has 0 N–H and O–H groups in total. The van der Waals surface area contributed by atoms with E-state index < -0.39 is 23.7 Å². The smallest absolute Gasteiger partial charge is 0.319 e. The molecule has 0 bridgehead atoms. The maximum atomic E-state index is 13.8. The lowest BCUT2D eigenvalue weighted by molar-refractivity contribution is -0.142. The van der Waals surface area contributed by atoms with Crippen molar-refractivity contribution >= 4 is 29.0 Å². The number of hydrogen-bond acceptors (Lipinski definition) is 4. The van der Waals surface area contributed by atoms with Gasteiger partial charge in [0.2, 0.25) is 11.8 Å².